The second-order valence-corrected chi connectivity index (χ2v) is 5.34. The summed E-state index contributed by atoms with van der Waals surface area (Å²) in [6.45, 7) is 3.66. The first-order valence-corrected chi connectivity index (χ1v) is 7.37. The first-order valence-electron chi connectivity index (χ1n) is 7.37. The highest BCUT2D eigenvalue weighted by Gasteiger charge is 2.31. The lowest BCUT2D eigenvalue weighted by Gasteiger charge is -2.18. The van der Waals surface area contributed by atoms with Gasteiger partial charge in [-0.25, -0.2) is 0 Å². The molecule has 1 aromatic heterocycles. The van der Waals surface area contributed by atoms with Crippen molar-refractivity contribution in [3.05, 3.63) is 82.8 Å². The van der Waals surface area contributed by atoms with Gasteiger partial charge in [0, 0.05) is 12.3 Å². The van der Waals surface area contributed by atoms with Crippen LogP contribution in [0.4, 0.5) is 13.2 Å². The maximum absolute atomic E-state index is 12.8. The van der Waals surface area contributed by atoms with Gasteiger partial charge in [0.05, 0.1) is 11.6 Å². The molecule has 0 fully saturated rings. The van der Waals surface area contributed by atoms with E-state index in [9.17, 15) is 18.0 Å². The molecule has 2 aromatic rings. The molecule has 0 saturated carbocycles. The molecule has 1 unspecified atom stereocenters. The average Bonchev–Trinajstić information content (AvgIpc) is 2.52. The van der Waals surface area contributed by atoms with Gasteiger partial charge >= 0.3 is 6.18 Å². The first-order chi connectivity index (χ1) is 10.9. The van der Waals surface area contributed by atoms with E-state index in [0.717, 1.165) is 41.3 Å². The average molecular weight is 321 g/mol. The summed E-state index contributed by atoms with van der Waals surface area (Å²) in [5.74, 6) is 0. The van der Waals surface area contributed by atoms with Gasteiger partial charge < -0.3 is 4.57 Å². The minimum absolute atomic E-state index is 0.450. The van der Waals surface area contributed by atoms with Crippen molar-refractivity contribution in [2.75, 3.05) is 0 Å². The Morgan fingerprint density at radius 1 is 1.13 bits per heavy atom. The molecule has 0 bridgehead atoms. The molecule has 2 rings (SSSR count). The number of hydrogen-bond acceptors (Lipinski definition) is 1. The molecule has 0 N–H and O–H groups in total. The molecule has 23 heavy (non-hydrogen) atoms. The van der Waals surface area contributed by atoms with E-state index in [1.165, 1.54) is 6.08 Å². The predicted octanol–water partition coefficient (Wildman–Crippen LogP) is 4.62. The quantitative estimate of drug-likeness (QED) is 0.712. The topological polar surface area (TPSA) is 22.0 Å². The molecule has 5 heteroatoms. The summed E-state index contributed by atoms with van der Waals surface area (Å²) >= 11 is 0. The van der Waals surface area contributed by atoms with Crippen LogP contribution < -0.4 is 5.56 Å². The number of aryl methyl sites for hydroxylation is 1. The standard InChI is InChI=1S/C18H18F3NO/c1-2-16(10-6-9-14-7-4-3-5-8-14)22-13-15(18(19,20)21)11-12-17(22)23/h2-5,7-8,11-13,16H,1,6,9-10H2. The maximum Gasteiger partial charge on any atom is 0.417 e. The third-order valence-corrected chi connectivity index (χ3v) is 3.70. The number of benzene rings is 1. The molecule has 0 aliphatic heterocycles. The van der Waals surface area contributed by atoms with E-state index >= 15 is 0 Å². The lowest BCUT2D eigenvalue weighted by molar-refractivity contribution is -0.138. The Hall–Kier alpha value is -2.30. The van der Waals surface area contributed by atoms with E-state index in [4.69, 9.17) is 0 Å². The van der Waals surface area contributed by atoms with Crippen LogP contribution in [0.1, 0.15) is 30.0 Å². The number of halogens is 3. The van der Waals surface area contributed by atoms with Crippen molar-refractivity contribution < 1.29 is 13.2 Å². The third-order valence-electron chi connectivity index (χ3n) is 3.70. The Labute approximate surface area is 132 Å². The van der Waals surface area contributed by atoms with Crippen molar-refractivity contribution in [1.82, 2.24) is 4.57 Å². The van der Waals surface area contributed by atoms with Crippen LogP contribution in [0.3, 0.4) is 0 Å². The number of rotatable bonds is 6. The van der Waals surface area contributed by atoms with Gasteiger partial charge in [0.2, 0.25) is 0 Å². The summed E-state index contributed by atoms with van der Waals surface area (Å²) in [6.07, 6.45) is 0.0385. The number of pyridine rings is 1. The summed E-state index contributed by atoms with van der Waals surface area (Å²) in [6, 6.07) is 11.1. The number of nitrogens with zero attached hydrogens (tertiary/aromatic N) is 1. The molecule has 0 aliphatic rings. The first kappa shape index (κ1) is 17.1. The molecular weight excluding hydrogens is 303 g/mol. The smallest absolute Gasteiger partial charge is 0.308 e. The molecule has 1 atom stereocenters. The van der Waals surface area contributed by atoms with E-state index < -0.39 is 23.3 Å². The lowest BCUT2D eigenvalue weighted by Crippen LogP contribution is -2.24. The summed E-state index contributed by atoms with van der Waals surface area (Å²) < 4.78 is 39.5. The largest absolute Gasteiger partial charge is 0.417 e. The van der Waals surface area contributed by atoms with Gasteiger partial charge in [-0.05, 0) is 30.9 Å². The minimum atomic E-state index is -4.47. The van der Waals surface area contributed by atoms with Crippen LogP contribution in [-0.2, 0) is 12.6 Å². The molecule has 0 spiro atoms. The Bertz CT molecular complexity index is 704. The highest BCUT2D eigenvalue weighted by molar-refractivity contribution is 5.16. The van der Waals surface area contributed by atoms with Crippen LogP contribution in [0, 0.1) is 0 Å². The van der Waals surface area contributed by atoms with Crippen molar-refractivity contribution >= 4 is 0 Å². The van der Waals surface area contributed by atoms with E-state index in [2.05, 4.69) is 6.58 Å². The highest BCUT2D eigenvalue weighted by atomic mass is 19.4. The fraction of sp³-hybridized carbons (Fsp3) is 0.278. The molecular formula is C18H18F3NO. The van der Waals surface area contributed by atoms with E-state index in [0.29, 0.717) is 6.42 Å². The SMILES string of the molecule is C=CC(CCCc1ccccc1)n1cc(C(F)(F)F)ccc1=O. The Kier molecular flexibility index (Phi) is 5.42. The summed E-state index contributed by atoms with van der Waals surface area (Å²) in [5.41, 5.74) is -0.124. The molecule has 1 aromatic carbocycles. The van der Waals surface area contributed by atoms with Gasteiger partial charge in [-0.2, -0.15) is 13.2 Å². The van der Waals surface area contributed by atoms with E-state index in [1.54, 1.807) is 0 Å². The molecule has 0 radical (unpaired) electrons. The monoisotopic (exact) mass is 321 g/mol. The normalized spacial score (nSPS) is 12.8. The maximum atomic E-state index is 12.8. The summed E-state index contributed by atoms with van der Waals surface area (Å²) in [7, 11) is 0. The number of alkyl halides is 3. The van der Waals surface area contributed by atoms with Crippen LogP contribution in [0.15, 0.2) is 66.1 Å². The number of aromatic nitrogens is 1. The van der Waals surface area contributed by atoms with Crippen LogP contribution in [0.25, 0.3) is 0 Å². The van der Waals surface area contributed by atoms with Crippen molar-refractivity contribution in [2.45, 2.75) is 31.5 Å². The van der Waals surface area contributed by atoms with Gasteiger partial charge in [0.15, 0.2) is 0 Å². The van der Waals surface area contributed by atoms with Crippen LogP contribution in [0.2, 0.25) is 0 Å². The van der Waals surface area contributed by atoms with Crippen LogP contribution >= 0.6 is 0 Å². The fourth-order valence-electron chi connectivity index (χ4n) is 2.46. The zero-order chi connectivity index (χ0) is 16.9. The van der Waals surface area contributed by atoms with Crippen LogP contribution in [0.5, 0.6) is 0 Å². The highest BCUT2D eigenvalue weighted by Crippen LogP contribution is 2.29. The van der Waals surface area contributed by atoms with Crippen molar-refractivity contribution in [3.63, 3.8) is 0 Å². The zero-order valence-corrected chi connectivity index (χ0v) is 12.6. The molecule has 0 saturated heterocycles. The Morgan fingerprint density at radius 3 is 2.43 bits per heavy atom. The van der Waals surface area contributed by atoms with Gasteiger partial charge in [0.1, 0.15) is 0 Å². The lowest BCUT2D eigenvalue weighted by atomic mass is 10.0. The van der Waals surface area contributed by atoms with E-state index in [-0.39, 0.29) is 0 Å². The fourth-order valence-corrected chi connectivity index (χ4v) is 2.46. The molecule has 122 valence electrons. The zero-order valence-electron chi connectivity index (χ0n) is 12.6. The summed E-state index contributed by atoms with van der Waals surface area (Å²) in [5, 5.41) is 0. The van der Waals surface area contributed by atoms with Gasteiger partial charge in [0.25, 0.3) is 5.56 Å². The number of allylic oxidation sites excluding steroid dienone is 1. The Morgan fingerprint density at radius 2 is 1.83 bits per heavy atom. The molecule has 0 aliphatic carbocycles. The predicted molar refractivity (Wildman–Crippen MR) is 84.3 cm³/mol. The molecule has 1 heterocycles. The Balaban J connectivity index is 2.11. The van der Waals surface area contributed by atoms with Gasteiger partial charge in [-0.1, -0.05) is 36.4 Å². The minimum Gasteiger partial charge on any atom is -0.308 e. The van der Waals surface area contributed by atoms with Crippen molar-refractivity contribution in [1.29, 1.82) is 0 Å². The summed E-state index contributed by atoms with van der Waals surface area (Å²) in [4.78, 5) is 11.9. The number of hydrogen-bond donors (Lipinski definition) is 0. The van der Waals surface area contributed by atoms with Crippen LogP contribution in [-0.4, -0.2) is 4.57 Å². The third kappa shape index (κ3) is 4.58. The molecule has 2 nitrogen and oxygen atoms in total. The van der Waals surface area contributed by atoms with Crippen molar-refractivity contribution in [2.24, 2.45) is 0 Å². The van der Waals surface area contributed by atoms with Crippen molar-refractivity contribution in [3.8, 4) is 0 Å². The second-order valence-electron chi connectivity index (χ2n) is 5.34. The van der Waals surface area contributed by atoms with E-state index in [1.807, 2.05) is 30.3 Å². The second kappa shape index (κ2) is 7.31. The molecule has 0 amide bonds. The van der Waals surface area contributed by atoms with Gasteiger partial charge in [-0.15, -0.1) is 6.58 Å². The van der Waals surface area contributed by atoms with Gasteiger partial charge in [-0.3, -0.25) is 4.79 Å².